The first-order valence-electron chi connectivity index (χ1n) is 10.5. The lowest BCUT2D eigenvalue weighted by molar-refractivity contribution is -0.138. The van der Waals surface area contributed by atoms with Crippen molar-refractivity contribution in [2.75, 3.05) is 39.8 Å². The average Bonchev–Trinajstić information content (AvgIpc) is 2.95. The molecule has 2 amide bonds. The zero-order valence-electron chi connectivity index (χ0n) is 16.9. The number of piperidine rings is 1. The maximum absolute atomic E-state index is 13.0. The topological polar surface area (TPSA) is 64.1 Å². The highest BCUT2D eigenvalue weighted by Crippen LogP contribution is 2.23. The maximum Gasteiger partial charge on any atom is 0.319 e. The smallest absolute Gasteiger partial charge is 0.319 e. The largest absolute Gasteiger partial charge is 0.480 e. The first-order valence-corrected chi connectivity index (χ1v) is 10.5. The third-order valence-corrected chi connectivity index (χ3v) is 6.23. The number of hydrogen-bond acceptors (Lipinski definition) is 3. The van der Waals surface area contributed by atoms with E-state index in [0.29, 0.717) is 5.92 Å². The summed E-state index contributed by atoms with van der Waals surface area (Å²) in [6.07, 6.45) is 5.97. The predicted octanol–water partition coefficient (Wildman–Crippen LogP) is 2.93. The van der Waals surface area contributed by atoms with Crippen molar-refractivity contribution in [2.45, 2.75) is 44.6 Å². The minimum absolute atomic E-state index is 0.0630. The van der Waals surface area contributed by atoms with Gasteiger partial charge in [0.2, 0.25) is 0 Å². The van der Waals surface area contributed by atoms with Gasteiger partial charge in [-0.1, -0.05) is 30.3 Å². The number of amides is 2. The van der Waals surface area contributed by atoms with Crippen LogP contribution in [-0.4, -0.2) is 77.6 Å². The lowest BCUT2D eigenvalue weighted by Gasteiger charge is -2.35. The lowest BCUT2D eigenvalue weighted by atomic mass is 9.90. The molecule has 28 heavy (non-hydrogen) atoms. The summed E-state index contributed by atoms with van der Waals surface area (Å²) in [5.41, 5.74) is 1.39. The fraction of sp³-hybridized carbons (Fsp3) is 0.636. The molecule has 0 spiro atoms. The third kappa shape index (κ3) is 5.71. The standard InChI is InChI=1S/C22H33N3O3/c1-23(17-21(26)27)20-8-5-12-24(15-11-20)22(28)25-13-9-19(10-14-25)16-18-6-3-2-4-7-18/h2-4,6-7,19-20H,5,8-17H2,1H3,(H,26,27). The summed E-state index contributed by atoms with van der Waals surface area (Å²) in [4.78, 5) is 29.8. The van der Waals surface area contributed by atoms with Crippen LogP contribution in [0.3, 0.4) is 0 Å². The van der Waals surface area contributed by atoms with E-state index in [9.17, 15) is 9.59 Å². The van der Waals surface area contributed by atoms with Gasteiger partial charge >= 0.3 is 12.0 Å². The Balaban J connectivity index is 1.45. The zero-order chi connectivity index (χ0) is 19.9. The van der Waals surface area contributed by atoms with Gasteiger partial charge < -0.3 is 14.9 Å². The van der Waals surface area contributed by atoms with Crippen molar-refractivity contribution >= 4 is 12.0 Å². The summed E-state index contributed by atoms with van der Waals surface area (Å²) in [5, 5.41) is 9.00. The minimum atomic E-state index is -0.793. The number of carbonyl (C=O) groups excluding carboxylic acids is 1. The van der Waals surface area contributed by atoms with Crippen LogP contribution in [0.1, 0.15) is 37.7 Å². The molecule has 0 saturated carbocycles. The third-order valence-electron chi connectivity index (χ3n) is 6.23. The number of carboxylic acid groups (broad SMARTS) is 1. The predicted molar refractivity (Wildman–Crippen MR) is 109 cm³/mol. The molecule has 2 aliphatic rings. The number of carboxylic acids is 1. The molecular weight excluding hydrogens is 354 g/mol. The molecule has 2 heterocycles. The molecular formula is C22H33N3O3. The van der Waals surface area contributed by atoms with Crippen LogP contribution in [0.15, 0.2) is 30.3 Å². The van der Waals surface area contributed by atoms with E-state index in [4.69, 9.17) is 5.11 Å². The number of nitrogens with zero attached hydrogens (tertiary/aromatic N) is 3. The molecule has 1 aromatic carbocycles. The minimum Gasteiger partial charge on any atom is -0.480 e. The fourth-order valence-electron chi connectivity index (χ4n) is 4.53. The van der Waals surface area contributed by atoms with Gasteiger partial charge in [-0.15, -0.1) is 0 Å². The second kappa shape index (κ2) is 9.92. The molecule has 1 N–H and O–H groups in total. The van der Waals surface area contributed by atoms with E-state index in [0.717, 1.165) is 64.7 Å². The van der Waals surface area contributed by atoms with Crippen LogP contribution in [0, 0.1) is 5.92 Å². The first kappa shape index (κ1) is 20.6. The van der Waals surface area contributed by atoms with Gasteiger partial charge in [0.15, 0.2) is 0 Å². The molecule has 6 nitrogen and oxygen atoms in total. The number of aliphatic carboxylic acids is 1. The summed E-state index contributed by atoms with van der Waals surface area (Å²) in [6, 6.07) is 11.0. The average molecular weight is 388 g/mol. The molecule has 0 bridgehead atoms. The van der Waals surface area contributed by atoms with E-state index >= 15 is 0 Å². The highest BCUT2D eigenvalue weighted by atomic mass is 16.4. The van der Waals surface area contributed by atoms with E-state index in [1.54, 1.807) is 0 Å². The summed E-state index contributed by atoms with van der Waals surface area (Å²) in [7, 11) is 1.87. The highest BCUT2D eigenvalue weighted by molar-refractivity contribution is 5.74. The van der Waals surface area contributed by atoms with Gasteiger partial charge in [0.1, 0.15) is 0 Å². The normalized spacial score (nSPS) is 21.6. The molecule has 154 valence electrons. The van der Waals surface area contributed by atoms with Gasteiger partial charge in [0.25, 0.3) is 0 Å². The van der Waals surface area contributed by atoms with Gasteiger partial charge in [-0.3, -0.25) is 9.69 Å². The van der Waals surface area contributed by atoms with Crippen LogP contribution in [0.25, 0.3) is 0 Å². The van der Waals surface area contributed by atoms with Crippen LogP contribution in [0.4, 0.5) is 4.79 Å². The summed E-state index contributed by atoms with van der Waals surface area (Å²) in [6.45, 7) is 3.25. The molecule has 0 radical (unpaired) electrons. The van der Waals surface area contributed by atoms with E-state index in [1.807, 2.05) is 21.7 Å². The van der Waals surface area contributed by atoms with Crippen LogP contribution < -0.4 is 0 Å². The van der Waals surface area contributed by atoms with E-state index < -0.39 is 5.97 Å². The number of rotatable bonds is 5. The van der Waals surface area contributed by atoms with E-state index in [2.05, 4.69) is 30.3 Å². The van der Waals surface area contributed by atoms with Crippen LogP contribution in [-0.2, 0) is 11.2 Å². The molecule has 1 unspecified atom stereocenters. The van der Waals surface area contributed by atoms with Gasteiger partial charge in [-0.25, -0.2) is 4.79 Å². The second-order valence-corrected chi connectivity index (χ2v) is 8.28. The van der Waals surface area contributed by atoms with Gasteiger partial charge in [-0.2, -0.15) is 0 Å². The van der Waals surface area contributed by atoms with Gasteiger partial charge in [0.05, 0.1) is 6.54 Å². The Bertz CT molecular complexity index is 644. The van der Waals surface area contributed by atoms with Crippen LogP contribution >= 0.6 is 0 Å². The summed E-state index contributed by atoms with van der Waals surface area (Å²) < 4.78 is 0. The molecule has 2 saturated heterocycles. The van der Waals surface area contributed by atoms with Crippen molar-refractivity contribution in [3.63, 3.8) is 0 Å². The Morgan fingerprint density at radius 2 is 1.64 bits per heavy atom. The van der Waals surface area contributed by atoms with Crippen molar-refractivity contribution in [3.8, 4) is 0 Å². The molecule has 6 heteroatoms. The number of hydrogen-bond donors (Lipinski definition) is 1. The lowest BCUT2D eigenvalue weighted by Crippen LogP contribution is -2.47. The summed E-state index contributed by atoms with van der Waals surface area (Å²) in [5.74, 6) is -0.136. The van der Waals surface area contributed by atoms with E-state index in [-0.39, 0.29) is 18.6 Å². The van der Waals surface area contributed by atoms with Crippen molar-refractivity contribution < 1.29 is 14.7 Å². The van der Waals surface area contributed by atoms with Crippen molar-refractivity contribution in [1.29, 1.82) is 0 Å². The Kier molecular flexibility index (Phi) is 7.31. The molecule has 2 fully saturated rings. The highest BCUT2D eigenvalue weighted by Gasteiger charge is 2.29. The van der Waals surface area contributed by atoms with Crippen molar-refractivity contribution in [2.24, 2.45) is 5.92 Å². The molecule has 0 aliphatic carbocycles. The maximum atomic E-state index is 13.0. The monoisotopic (exact) mass is 387 g/mol. The fourth-order valence-corrected chi connectivity index (χ4v) is 4.53. The van der Waals surface area contributed by atoms with Gasteiger partial charge in [0, 0.05) is 32.2 Å². The number of urea groups is 1. The first-order chi connectivity index (χ1) is 13.5. The Labute approximate surface area is 168 Å². The molecule has 2 aliphatic heterocycles. The summed E-state index contributed by atoms with van der Waals surface area (Å²) >= 11 is 0. The van der Waals surface area contributed by atoms with E-state index in [1.165, 1.54) is 5.56 Å². The Morgan fingerprint density at radius 1 is 1.00 bits per heavy atom. The quantitative estimate of drug-likeness (QED) is 0.844. The molecule has 0 aromatic heterocycles. The Morgan fingerprint density at radius 3 is 2.32 bits per heavy atom. The molecule has 3 rings (SSSR count). The number of likely N-dealkylation sites (N-methyl/N-ethyl adjacent to an activating group) is 1. The second-order valence-electron chi connectivity index (χ2n) is 8.28. The van der Waals surface area contributed by atoms with Gasteiger partial charge in [-0.05, 0) is 57.1 Å². The van der Waals surface area contributed by atoms with Crippen molar-refractivity contribution in [3.05, 3.63) is 35.9 Å². The van der Waals surface area contributed by atoms with Crippen molar-refractivity contribution in [1.82, 2.24) is 14.7 Å². The SMILES string of the molecule is CN(CC(=O)O)C1CCCN(C(=O)N2CCC(Cc3ccccc3)CC2)CC1. The molecule has 1 atom stereocenters. The van der Waals surface area contributed by atoms with Crippen LogP contribution in [0.5, 0.6) is 0 Å². The Hall–Kier alpha value is -2.08. The number of carbonyl (C=O) groups is 2. The van der Waals surface area contributed by atoms with Crippen LogP contribution in [0.2, 0.25) is 0 Å². The zero-order valence-corrected chi connectivity index (χ0v) is 16.9. The molecule has 1 aromatic rings. The number of likely N-dealkylation sites (tertiary alicyclic amines) is 2. The number of benzene rings is 1.